The zero-order valence-electron chi connectivity index (χ0n) is 22.2. The molecule has 10 aromatic rings. The maximum atomic E-state index is 10.3. The van der Waals surface area contributed by atoms with Crippen LogP contribution in [0.3, 0.4) is 0 Å². The lowest BCUT2D eigenvalue weighted by Gasteiger charge is -2.11. The van der Waals surface area contributed by atoms with E-state index < -0.39 is 0 Å². The summed E-state index contributed by atoms with van der Waals surface area (Å²) in [6, 6.07) is 42.7. The number of hydrogen-bond donors (Lipinski definition) is 0. The zero-order valence-corrected chi connectivity index (χ0v) is 22.2. The summed E-state index contributed by atoms with van der Waals surface area (Å²) in [4.78, 5) is 9.85. The fraction of sp³-hybridized carbons (Fsp3) is 0. The first kappa shape index (κ1) is 21.8. The van der Waals surface area contributed by atoms with Crippen LogP contribution in [0.4, 0.5) is 0 Å². The van der Waals surface area contributed by atoms with Crippen LogP contribution in [0.5, 0.6) is 0 Å². The van der Waals surface area contributed by atoms with Crippen LogP contribution < -0.4 is 0 Å². The number of hydrogen-bond acceptors (Lipinski definition) is 3. The molecule has 0 unspecified atom stereocenters. The van der Waals surface area contributed by atoms with Gasteiger partial charge in [0.1, 0.15) is 6.07 Å². The van der Waals surface area contributed by atoms with Crippen molar-refractivity contribution in [1.29, 1.82) is 5.26 Å². The van der Waals surface area contributed by atoms with Gasteiger partial charge in [-0.15, -0.1) is 0 Å². The van der Waals surface area contributed by atoms with Crippen LogP contribution >= 0.6 is 0 Å². The normalized spacial score (nSPS) is 12.3. The monoisotopic (exact) mass is 533 g/mol. The number of rotatable bonds is 1. The molecule has 0 aliphatic rings. The average Bonchev–Trinajstić information content (AvgIpc) is 3.67. The highest BCUT2D eigenvalue weighted by Gasteiger charge is 2.26. The van der Waals surface area contributed by atoms with E-state index in [-0.39, 0.29) is 0 Å². The van der Waals surface area contributed by atoms with Crippen LogP contribution in [0, 0.1) is 11.3 Å². The Kier molecular flexibility index (Phi) is 3.94. The molecule has 6 aromatic carbocycles. The van der Waals surface area contributed by atoms with E-state index in [2.05, 4.69) is 100.0 Å². The molecular weight excluding hydrogens is 514 g/mol. The van der Waals surface area contributed by atoms with Gasteiger partial charge in [0.15, 0.2) is 11.5 Å². The lowest BCUT2D eigenvalue weighted by Crippen LogP contribution is -2.04. The Bertz CT molecular complexity index is 2810. The lowest BCUT2D eigenvalue weighted by atomic mass is 10.0. The largest absolute Gasteiger partial charge is 0.308 e. The molecule has 5 nitrogen and oxygen atoms in total. The van der Waals surface area contributed by atoms with Crippen molar-refractivity contribution in [2.24, 2.45) is 0 Å². The Morgan fingerprint density at radius 3 is 1.93 bits per heavy atom. The summed E-state index contributed by atoms with van der Waals surface area (Å²) in [6.45, 7) is 0. The second-order valence-corrected chi connectivity index (χ2v) is 11.0. The molecule has 0 aliphatic carbocycles. The van der Waals surface area contributed by atoms with Gasteiger partial charge in [-0.25, -0.2) is 9.97 Å². The van der Waals surface area contributed by atoms with Gasteiger partial charge in [0.2, 0.25) is 0 Å². The molecule has 0 fully saturated rings. The molecule has 4 heterocycles. The molecule has 5 heteroatoms. The van der Waals surface area contributed by atoms with Crippen molar-refractivity contribution in [2.45, 2.75) is 0 Å². The molecule has 0 aliphatic heterocycles. The van der Waals surface area contributed by atoms with Crippen LogP contribution in [0.15, 0.2) is 115 Å². The fourth-order valence-corrected chi connectivity index (χ4v) is 7.13. The summed E-state index contributed by atoms with van der Waals surface area (Å²) in [5.74, 6) is 0.551. The SMILES string of the molecule is N#Cc1nc2ccccc2nc1-n1c2ccccc2c2cc3c4ccccc4n4c5cc6ccccc6cc5c(c21)c34. The van der Waals surface area contributed by atoms with Crippen molar-refractivity contribution >= 4 is 81.7 Å². The number of para-hydroxylation sites is 4. The first-order valence-electron chi connectivity index (χ1n) is 14.0. The Balaban J connectivity index is 1.54. The van der Waals surface area contributed by atoms with Gasteiger partial charge in [0.25, 0.3) is 0 Å². The Morgan fingerprint density at radius 2 is 1.14 bits per heavy atom. The number of fused-ring (bicyclic) bond motifs is 12. The highest BCUT2D eigenvalue weighted by molar-refractivity contribution is 6.34. The third kappa shape index (κ3) is 2.57. The third-order valence-corrected chi connectivity index (χ3v) is 8.83. The van der Waals surface area contributed by atoms with Gasteiger partial charge in [0.05, 0.1) is 38.6 Å². The van der Waals surface area contributed by atoms with Gasteiger partial charge in [-0.2, -0.15) is 5.26 Å². The first-order valence-corrected chi connectivity index (χ1v) is 14.0. The van der Waals surface area contributed by atoms with Crippen molar-refractivity contribution in [3.63, 3.8) is 0 Å². The van der Waals surface area contributed by atoms with Crippen LogP contribution in [-0.4, -0.2) is 18.9 Å². The molecule has 0 saturated carbocycles. The van der Waals surface area contributed by atoms with Crippen molar-refractivity contribution in [1.82, 2.24) is 18.9 Å². The second-order valence-electron chi connectivity index (χ2n) is 11.0. The maximum Gasteiger partial charge on any atom is 0.184 e. The van der Waals surface area contributed by atoms with Crippen molar-refractivity contribution in [3.05, 3.63) is 121 Å². The van der Waals surface area contributed by atoms with Gasteiger partial charge >= 0.3 is 0 Å². The molecule has 0 spiro atoms. The number of benzene rings is 6. The van der Waals surface area contributed by atoms with Gasteiger partial charge in [-0.05, 0) is 53.2 Å². The minimum Gasteiger partial charge on any atom is -0.308 e. The van der Waals surface area contributed by atoms with E-state index in [1.165, 1.54) is 43.5 Å². The highest BCUT2D eigenvalue weighted by atomic mass is 15.1. The van der Waals surface area contributed by atoms with E-state index in [9.17, 15) is 5.26 Å². The molecule has 0 N–H and O–H groups in total. The minimum atomic E-state index is 0.306. The van der Waals surface area contributed by atoms with Crippen molar-refractivity contribution in [2.75, 3.05) is 0 Å². The van der Waals surface area contributed by atoms with Crippen LogP contribution in [0.2, 0.25) is 0 Å². The Labute approximate surface area is 238 Å². The summed E-state index contributed by atoms with van der Waals surface area (Å²) in [5, 5.41) is 19.8. The summed E-state index contributed by atoms with van der Waals surface area (Å²) in [6.07, 6.45) is 0. The molecule has 192 valence electrons. The molecule has 0 bridgehead atoms. The fourth-order valence-electron chi connectivity index (χ4n) is 7.13. The molecule has 0 saturated heterocycles. The van der Waals surface area contributed by atoms with Gasteiger partial charge < -0.3 is 4.40 Å². The predicted molar refractivity (Wildman–Crippen MR) is 171 cm³/mol. The highest BCUT2D eigenvalue weighted by Crippen LogP contribution is 2.47. The molecule has 0 amide bonds. The van der Waals surface area contributed by atoms with Crippen molar-refractivity contribution < 1.29 is 0 Å². The van der Waals surface area contributed by atoms with Crippen LogP contribution in [0.25, 0.3) is 87.5 Å². The summed E-state index contributed by atoms with van der Waals surface area (Å²) < 4.78 is 4.59. The van der Waals surface area contributed by atoms with E-state index in [1.807, 2.05) is 30.3 Å². The number of aromatic nitrogens is 4. The van der Waals surface area contributed by atoms with E-state index in [0.717, 1.165) is 32.7 Å². The molecule has 4 aromatic heterocycles. The topological polar surface area (TPSA) is 58.9 Å². The summed E-state index contributed by atoms with van der Waals surface area (Å²) in [5.41, 5.74) is 7.37. The molecule has 0 atom stereocenters. The third-order valence-electron chi connectivity index (χ3n) is 8.83. The Hall–Kier alpha value is -5.99. The van der Waals surface area contributed by atoms with Crippen molar-refractivity contribution in [3.8, 4) is 11.9 Å². The smallest absolute Gasteiger partial charge is 0.184 e. The first-order chi connectivity index (χ1) is 20.8. The molecule has 10 rings (SSSR count). The molecular formula is C37H19N5. The zero-order chi connectivity index (χ0) is 27.5. The predicted octanol–water partition coefficient (Wildman–Crippen LogP) is 8.90. The van der Waals surface area contributed by atoms with E-state index in [0.29, 0.717) is 17.0 Å². The Morgan fingerprint density at radius 1 is 0.524 bits per heavy atom. The summed E-state index contributed by atoms with van der Waals surface area (Å²) in [7, 11) is 0. The summed E-state index contributed by atoms with van der Waals surface area (Å²) >= 11 is 0. The minimum absolute atomic E-state index is 0.306. The second kappa shape index (κ2) is 7.60. The molecule has 0 radical (unpaired) electrons. The van der Waals surface area contributed by atoms with E-state index in [4.69, 9.17) is 9.97 Å². The van der Waals surface area contributed by atoms with Gasteiger partial charge in [0, 0.05) is 32.3 Å². The molecule has 42 heavy (non-hydrogen) atoms. The lowest BCUT2D eigenvalue weighted by molar-refractivity contribution is 1.06. The quantitative estimate of drug-likeness (QED) is 0.212. The van der Waals surface area contributed by atoms with Crippen LogP contribution in [-0.2, 0) is 0 Å². The van der Waals surface area contributed by atoms with Gasteiger partial charge in [-0.3, -0.25) is 4.57 Å². The van der Waals surface area contributed by atoms with E-state index in [1.54, 1.807) is 0 Å². The van der Waals surface area contributed by atoms with Crippen LogP contribution in [0.1, 0.15) is 5.69 Å². The van der Waals surface area contributed by atoms with Gasteiger partial charge in [-0.1, -0.05) is 72.8 Å². The average molecular weight is 534 g/mol. The number of nitriles is 1. The number of nitrogens with zero attached hydrogens (tertiary/aromatic N) is 5. The van der Waals surface area contributed by atoms with E-state index >= 15 is 0 Å². The maximum absolute atomic E-state index is 10.3. The standard InChI is InChI=1S/C37H19N5/c38-20-30-37(40-29-14-6-5-13-28(29)39-30)42-32-16-8-4-12-24(32)26-19-25-23-11-3-7-15-31(23)41-33-18-22-10-2-1-9-21(22)17-27(33)34(35(25)41)36(26)42/h1-19H.